The molecule has 6 nitrogen and oxygen atoms in total. The van der Waals surface area contributed by atoms with Crippen LogP contribution in [0.5, 0.6) is 0 Å². The summed E-state index contributed by atoms with van der Waals surface area (Å²) in [5.41, 5.74) is 5.80. The minimum atomic E-state index is -5.03. The number of carbonyl (C=O) groups excluding carboxylic acids is 1. The van der Waals surface area contributed by atoms with Gasteiger partial charge >= 0.3 is 18.1 Å². The van der Waals surface area contributed by atoms with Crippen molar-refractivity contribution < 1.29 is 32.6 Å². The van der Waals surface area contributed by atoms with Crippen molar-refractivity contribution in [1.29, 1.82) is 0 Å². The Kier molecular flexibility index (Phi) is 6.18. The third-order valence-corrected chi connectivity index (χ3v) is 3.88. The minimum Gasteiger partial charge on any atom is -0.481 e. The van der Waals surface area contributed by atoms with Gasteiger partial charge in [-0.2, -0.15) is 13.2 Å². The van der Waals surface area contributed by atoms with Gasteiger partial charge in [0, 0.05) is 12.6 Å². The van der Waals surface area contributed by atoms with Crippen LogP contribution in [0.15, 0.2) is 0 Å². The van der Waals surface area contributed by atoms with Crippen LogP contribution in [0.25, 0.3) is 0 Å². The Hall–Kier alpha value is -1.35. The summed E-state index contributed by atoms with van der Waals surface area (Å²) in [6.07, 6.45) is -5.32. The lowest BCUT2D eigenvalue weighted by molar-refractivity contribution is -0.177. The number of rotatable bonds is 5. The van der Waals surface area contributed by atoms with Gasteiger partial charge in [0.15, 0.2) is 0 Å². The maximum Gasteiger partial charge on any atom is 0.471 e. The van der Waals surface area contributed by atoms with Crippen molar-refractivity contribution in [2.24, 2.45) is 17.6 Å². The van der Waals surface area contributed by atoms with Crippen LogP contribution in [-0.2, 0) is 14.3 Å². The molecule has 1 saturated carbocycles. The van der Waals surface area contributed by atoms with E-state index in [4.69, 9.17) is 10.5 Å². The molecule has 5 atom stereocenters. The van der Waals surface area contributed by atoms with Gasteiger partial charge in [-0.1, -0.05) is 13.8 Å². The number of ether oxygens (including phenoxy) is 1. The third kappa shape index (κ3) is 4.33. The largest absolute Gasteiger partial charge is 0.481 e. The molecule has 0 aromatic heterocycles. The van der Waals surface area contributed by atoms with Gasteiger partial charge in [0.2, 0.25) is 0 Å². The summed E-state index contributed by atoms with van der Waals surface area (Å²) in [7, 11) is 0. The van der Waals surface area contributed by atoms with Gasteiger partial charge in [0.05, 0.1) is 18.1 Å². The number of carboxylic acids is 1. The second-order valence-electron chi connectivity index (χ2n) is 5.54. The fourth-order valence-corrected chi connectivity index (χ4v) is 2.71. The molecular formula is C13H21F3N2O4. The number of carboxylic acid groups (broad SMARTS) is 1. The van der Waals surface area contributed by atoms with Gasteiger partial charge in [-0.05, 0) is 18.8 Å². The Bertz CT molecular complexity index is 417. The lowest BCUT2D eigenvalue weighted by Gasteiger charge is -2.43. The normalized spacial score (nSPS) is 32.5. The van der Waals surface area contributed by atoms with E-state index in [1.54, 1.807) is 6.92 Å². The molecule has 0 radical (unpaired) electrons. The number of alkyl halides is 3. The molecule has 128 valence electrons. The molecule has 1 amide bonds. The molecule has 1 rings (SSSR count). The summed E-state index contributed by atoms with van der Waals surface area (Å²) in [5, 5.41) is 11.0. The lowest BCUT2D eigenvalue weighted by atomic mass is 9.73. The first kappa shape index (κ1) is 18.7. The second-order valence-corrected chi connectivity index (χ2v) is 5.54. The molecule has 0 aliphatic heterocycles. The highest BCUT2D eigenvalue weighted by atomic mass is 19.4. The van der Waals surface area contributed by atoms with Crippen LogP contribution >= 0.6 is 0 Å². The van der Waals surface area contributed by atoms with E-state index in [9.17, 15) is 27.9 Å². The van der Waals surface area contributed by atoms with E-state index in [0.29, 0.717) is 6.42 Å². The highest BCUT2D eigenvalue weighted by Crippen LogP contribution is 2.33. The van der Waals surface area contributed by atoms with Crippen molar-refractivity contribution in [3.8, 4) is 0 Å². The van der Waals surface area contributed by atoms with Gasteiger partial charge in [-0.25, -0.2) is 0 Å². The van der Waals surface area contributed by atoms with Crippen molar-refractivity contribution in [3.63, 3.8) is 0 Å². The molecule has 0 spiro atoms. The first-order chi connectivity index (χ1) is 10.1. The maximum absolute atomic E-state index is 12.4. The molecule has 22 heavy (non-hydrogen) atoms. The van der Waals surface area contributed by atoms with E-state index < -0.39 is 48.1 Å². The van der Waals surface area contributed by atoms with Gasteiger partial charge < -0.3 is 20.9 Å². The number of hydrogen-bond acceptors (Lipinski definition) is 4. The highest BCUT2D eigenvalue weighted by molar-refractivity contribution is 5.82. The van der Waals surface area contributed by atoms with E-state index in [0.717, 1.165) is 0 Å². The molecule has 4 N–H and O–H groups in total. The fourth-order valence-electron chi connectivity index (χ4n) is 2.71. The van der Waals surface area contributed by atoms with E-state index >= 15 is 0 Å². The average molecular weight is 326 g/mol. The van der Waals surface area contributed by atoms with Gasteiger partial charge in [0.25, 0.3) is 0 Å². The van der Waals surface area contributed by atoms with Crippen molar-refractivity contribution in [3.05, 3.63) is 0 Å². The summed E-state index contributed by atoms with van der Waals surface area (Å²) in [6.45, 7) is 3.63. The Morgan fingerprint density at radius 2 is 2.00 bits per heavy atom. The molecule has 0 saturated heterocycles. The maximum atomic E-state index is 12.4. The Balaban J connectivity index is 2.96. The number of aliphatic carboxylic acids is 1. The van der Waals surface area contributed by atoms with Crippen molar-refractivity contribution in [1.82, 2.24) is 5.32 Å². The first-order valence-corrected chi connectivity index (χ1v) is 7.07. The Labute approximate surface area is 126 Å². The van der Waals surface area contributed by atoms with Crippen LogP contribution in [0.1, 0.15) is 26.7 Å². The molecule has 0 aromatic carbocycles. The zero-order chi connectivity index (χ0) is 17.1. The summed E-state index contributed by atoms with van der Waals surface area (Å²) >= 11 is 0. The van der Waals surface area contributed by atoms with Crippen LogP contribution in [0.2, 0.25) is 0 Å². The molecule has 1 aliphatic rings. The number of halogens is 3. The fraction of sp³-hybridized carbons (Fsp3) is 0.846. The van der Waals surface area contributed by atoms with Crippen LogP contribution < -0.4 is 11.1 Å². The van der Waals surface area contributed by atoms with E-state index in [1.807, 2.05) is 12.2 Å². The van der Waals surface area contributed by atoms with Crippen molar-refractivity contribution in [2.75, 3.05) is 6.61 Å². The van der Waals surface area contributed by atoms with Crippen LogP contribution in [-0.4, -0.2) is 48.0 Å². The number of nitrogens with one attached hydrogen (secondary N) is 1. The Morgan fingerprint density at radius 1 is 1.41 bits per heavy atom. The van der Waals surface area contributed by atoms with Gasteiger partial charge in [-0.3, -0.25) is 9.59 Å². The number of amides is 1. The van der Waals surface area contributed by atoms with Gasteiger partial charge in [-0.15, -0.1) is 0 Å². The molecule has 0 heterocycles. The predicted octanol–water partition coefficient (Wildman–Crippen LogP) is 0.897. The van der Waals surface area contributed by atoms with Crippen LogP contribution in [0.3, 0.4) is 0 Å². The van der Waals surface area contributed by atoms with E-state index in [2.05, 4.69) is 0 Å². The molecular weight excluding hydrogens is 305 g/mol. The van der Waals surface area contributed by atoms with Crippen molar-refractivity contribution in [2.45, 2.75) is 51.1 Å². The minimum absolute atomic E-state index is 0.0225. The Morgan fingerprint density at radius 3 is 2.45 bits per heavy atom. The summed E-state index contributed by atoms with van der Waals surface area (Å²) < 4.78 is 42.8. The van der Waals surface area contributed by atoms with Gasteiger partial charge in [0.1, 0.15) is 0 Å². The zero-order valence-corrected chi connectivity index (χ0v) is 12.4. The van der Waals surface area contributed by atoms with Crippen LogP contribution in [0, 0.1) is 11.8 Å². The topological polar surface area (TPSA) is 102 Å². The monoisotopic (exact) mass is 326 g/mol. The molecule has 1 fully saturated rings. The van der Waals surface area contributed by atoms with E-state index in [-0.39, 0.29) is 13.0 Å². The first-order valence-electron chi connectivity index (χ1n) is 7.07. The summed E-state index contributed by atoms with van der Waals surface area (Å²) in [5.74, 6) is -4.56. The molecule has 1 aliphatic carbocycles. The second kappa shape index (κ2) is 7.28. The summed E-state index contributed by atoms with van der Waals surface area (Å²) in [4.78, 5) is 22.4. The van der Waals surface area contributed by atoms with E-state index in [1.165, 1.54) is 0 Å². The zero-order valence-electron chi connectivity index (χ0n) is 12.4. The summed E-state index contributed by atoms with van der Waals surface area (Å²) in [6, 6.07) is -2.00. The SMILES string of the molecule is CCCO[C@@H]1C(C)C(C(=O)O)C[C@H](N)[C@H]1NC(=O)C(F)(F)F. The lowest BCUT2D eigenvalue weighted by Crippen LogP contribution is -2.64. The van der Waals surface area contributed by atoms with Crippen molar-refractivity contribution >= 4 is 11.9 Å². The number of hydrogen-bond donors (Lipinski definition) is 3. The standard InChI is InChI=1S/C13H21F3N2O4/c1-3-4-22-10-6(2)7(11(19)20)5-8(17)9(10)18-12(21)13(14,15)16/h6-10H,3-5,17H2,1-2H3,(H,18,21)(H,19,20)/t6?,7?,8-,9+,10+/m0/s1. The number of carbonyl (C=O) groups is 2. The molecule has 2 unspecified atom stereocenters. The highest BCUT2D eigenvalue weighted by Gasteiger charge is 2.48. The predicted molar refractivity (Wildman–Crippen MR) is 70.9 cm³/mol. The smallest absolute Gasteiger partial charge is 0.471 e. The molecule has 0 bridgehead atoms. The van der Waals surface area contributed by atoms with Crippen LogP contribution in [0.4, 0.5) is 13.2 Å². The third-order valence-electron chi connectivity index (χ3n) is 3.88. The quantitative estimate of drug-likeness (QED) is 0.697. The molecule has 9 heteroatoms. The number of nitrogens with two attached hydrogens (primary N) is 1. The molecule has 0 aromatic rings. The average Bonchev–Trinajstić information content (AvgIpc) is 2.40.